The number of carbonyl (C=O) groups excluding carboxylic acids is 1. The van der Waals surface area contributed by atoms with Crippen LogP contribution in [0.5, 0.6) is 0 Å². The van der Waals surface area contributed by atoms with Crippen LogP contribution in [-0.2, 0) is 14.8 Å². The van der Waals surface area contributed by atoms with E-state index in [1.54, 1.807) is 6.07 Å². The largest absolute Gasteiger partial charge is 0.373 e. The molecule has 1 fully saturated rings. The summed E-state index contributed by atoms with van der Waals surface area (Å²) in [5.41, 5.74) is 0.606. The number of rotatable bonds is 4. The van der Waals surface area contributed by atoms with Gasteiger partial charge in [-0.3, -0.25) is 4.79 Å². The number of carbonyl (C=O) groups is 1. The zero-order valence-corrected chi connectivity index (χ0v) is 15.9. The molecular formula is C19H21FN2O4S. The Morgan fingerprint density at radius 3 is 2.33 bits per heavy atom. The summed E-state index contributed by atoms with van der Waals surface area (Å²) in [6.45, 7) is 4.24. The molecule has 0 radical (unpaired) electrons. The molecule has 1 aliphatic rings. The van der Waals surface area contributed by atoms with Crippen molar-refractivity contribution in [3.63, 3.8) is 0 Å². The molecule has 1 amide bonds. The van der Waals surface area contributed by atoms with Crippen LogP contribution in [0.4, 0.5) is 10.1 Å². The number of amides is 1. The van der Waals surface area contributed by atoms with Crippen LogP contribution < -0.4 is 5.32 Å². The van der Waals surface area contributed by atoms with E-state index >= 15 is 0 Å². The van der Waals surface area contributed by atoms with Crippen LogP contribution in [0.2, 0.25) is 0 Å². The predicted molar refractivity (Wildman–Crippen MR) is 99.6 cm³/mol. The van der Waals surface area contributed by atoms with Crippen molar-refractivity contribution >= 4 is 21.6 Å². The summed E-state index contributed by atoms with van der Waals surface area (Å²) >= 11 is 0. The number of ether oxygens (including phenoxy) is 1. The summed E-state index contributed by atoms with van der Waals surface area (Å²) < 4.78 is 45.8. The molecule has 1 heterocycles. The van der Waals surface area contributed by atoms with E-state index < -0.39 is 21.7 Å². The second kappa shape index (κ2) is 7.75. The van der Waals surface area contributed by atoms with Crippen LogP contribution in [0, 0.1) is 5.82 Å². The zero-order chi connectivity index (χ0) is 19.6. The first kappa shape index (κ1) is 19.5. The Hall–Kier alpha value is -2.29. The lowest BCUT2D eigenvalue weighted by Crippen LogP contribution is -2.48. The summed E-state index contributed by atoms with van der Waals surface area (Å²) in [6, 6.07) is 11.2. The van der Waals surface area contributed by atoms with E-state index in [0.29, 0.717) is 5.69 Å². The third-order valence-electron chi connectivity index (χ3n) is 4.22. The Bertz CT molecular complexity index is 921. The van der Waals surface area contributed by atoms with Gasteiger partial charge < -0.3 is 10.1 Å². The molecule has 27 heavy (non-hydrogen) atoms. The maximum absolute atomic E-state index is 13.2. The maximum atomic E-state index is 13.2. The number of nitrogens with one attached hydrogen (secondary N) is 1. The molecule has 8 heteroatoms. The zero-order valence-electron chi connectivity index (χ0n) is 15.1. The van der Waals surface area contributed by atoms with Crippen molar-refractivity contribution < 1.29 is 22.3 Å². The van der Waals surface area contributed by atoms with Crippen LogP contribution in [0.3, 0.4) is 0 Å². The molecule has 1 N–H and O–H groups in total. The van der Waals surface area contributed by atoms with Crippen molar-refractivity contribution in [2.45, 2.75) is 31.0 Å². The van der Waals surface area contributed by atoms with Crippen LogP contribution in [-0.4, -0.2) is 43.9 Å². The Morgan fingerprint density at radius 1 is 1.11 bits per heavy atom. The number of hydrogen-bond acceptors (Lipinski definition) is 4. The highest BCUT2D eigenvalue weighted by Crippen LogP contribution is 2.22. The number of hydrogen-bond donors (Lipinski definition) is 1. The molecule has 1 aliphatic heterocycles. The Morgan fingerprint density at radius 2 is 1.74 bits per heavy atom. The van der Waals surface area contributed by atoms with Crippen molar-refractivity contribution in [1.29, 1.82) is 0 Å². The Kier molecular flexibility index (Phi) is 5.59. The molecule has 0 unspecified atom stereocenters. The third kappa shape index (κ3) is 4.52. The monoisotopic (exact) mass is 392 g/mol. The second-order valence-corrected chi connectivity index (χ2v) is 8.51. The van der Waals surface area contributed by atoms with E-state index in [9.17, 15) is 17.6 Å². The summed E-state index contributed by atoms with van der Waals surface area (Å²) in [6.07, 6.45) is -0.361. The highest BCUT2D eigenvalue weighted by Gasteiger charge is 2.32. The van der Waals surface area contributed by atoms with Crippen molar-refractivity contribution in [3.05, 3.63) is 59.9 Å². The fraction of sp³-hybridized carbons (Fsp3) is 0.316. The molecule has 1 saturated heterocycles. The molecule has 0 saturated carbocycles. The number of halogens is 1. The number of nitrogens with zero attached hydrogens (tertiary/aromatic N) is 1. The van der Waals surface area contributed by atoms with Gasteiger partial charge in [0, 0.05) is 24.3 Å². The van der Waals surface area contributed by atoms with Gasteiger partial charge >= 0.3 is 0 Å². The molecule has 0 bridgehead atoms. The van der Waals surface area contributed by atoms with Crippen molar-refractivity contribution in [2.24, 2.45) is 0 Å². The minimum atomic E-state index is -3.66. The van der Waals surface area contributed by atoms with Crippen molar-refractivity contribution in [1.82, 2.24) is 4.31 Å². The average Bonchev–Trinajstić information content (AvgIpc) is 2.61. The van der Waals surface area contributed by atoms with Crippen molar-refractivity contribution in [2.75, 3.05) is 18.4 Å². The molecule has 144 valence electrons. The average molecular weight is 392 g/mol. The standard InChI is InChI=1S/C19H21FN2O4S/c1-13-11-22(12-14(2)26-13)27(24,25)18-8-6-15(7-9-18)19(23)21-17-5-3-4-16(20)10-17/h3-10,13-14H,11-12H2,1-2H3,(H,21,23)/t13-,14+. The van der Waals surface area contributed by atoms with Gasteiger partial charge in [0.15, 0.2) is 0 Å². The van der Waals surface area contributed by atoms with Crippen LogP contribution in [0.1, 0.15) is 24.2 Å². The summed E-state index contributed by atoms with van der Waals surface area (Å²) in [4.78, 5) is 12.4. The van der Waals surface area contributed by atoms with Gasteiger partial charge in [0.25, 0.3) is 5.91 Å². The van der Waals surface area contributed by atoms with E-state index in [1.807, 2.05) is 13.8 Å². The molecule has 2 atom stereocenters. The highest BCUT2D eigenvalue weighted by atomic mass is 32.2. The minimum absolute atomic E-state index is 0.117. The van der Waals surface area contributed by atoms with Crippen molar-refractivity contribution in [3.8, 4) is 0 Å². The Labute approximate surface area is 158 Å². The number of morpholine rings is 1. The van der Waals surface area contributed by atoms with Gasteiger partial charge in [0.1, 0.15) is 5.82 Å². The number of benzene rings is 2. The molecular weight excluding hydrogens is 371 g/mol. The summed E-state index contributed by atoms with van der Waals surface area (Å²) in [5, 5.41) is 2.58. The normalized spacial score (nSPS) is 21.0. The van der Waals surface area contributed by atoms with Gasteiger partial charge in [-0.1, -0.05) is 6.07 Å². The van der Waals surface area contributed by atoms with Gasteiger partial charge in [-0.05, 0) is 56.3 Å². The molecule has 2 aromatic carbocycles. The van der Waals surface area contributed by atoms with Crippen LogP contribution >= 0.6 is 0 Å². The predicted octanol–water partition coefficient (Wildman–Crippen LogP) is 2.88. The Balaban J connectivity index is 1.75. The molecule has 3 rings (SSSR count). The van der Waals surface area contributed by atoms with E-state index in [4.69, 9.17) is 4.74 Å². The quantitative estimate of drug-likeness (QED) is 0.868. The lowest BCUT2D eigenvalue weighted by atomic mass is 10.2. The lowest BCUT2D eigenvalue weighted by Gasteiger charge is -2.34. The van der Waals surface area contributed by atoms with E-state index in [0.717, 1.165) is 0 Å². The van der Waals surface area contributed by atoms with Crippen LogP contribution in [0.15, 0.2) is 53.4 Å². The van der Waals surface area contributed by atoms with Gasteiger partial charge in [-0.25, -0.2) is 12.8 Å². The third-order valence-corrected chi connectivity index (χ3v) is 6.07. The van der Waals surface area contributed by atoms with Crippen LogP contribution in [0.25, 0.3) is 0 Å². The molecule has 6 nitrogen and oxygen atoms in total. The number of anilines is 1. The van der Waals surface area contributed by atoms with Gasteiger partial charge in [0.05, 0.1) is 17.1 Å². The SMILES string of the molecule is C[C@@H]1CN(S(=O)(=O)c2ccc(C(=O)Nc3cccc(F)c3)cc2)C[C@H](C)O1. The first-order valence-corrected chi connectivity index (χ1v) is 10.0. The van der Waals surface area contributed by atoms with Gasteiger partial charge in [0.2, 0.25) is 10.0 Å². The molecule has 2 aromatic rings. The second-order valence-electron chi connectivity index (χ2n) is 6.57. The lowest BCUT2D eigenvalue weighted by molar-refractivity contribution is -0.0440. The van der Waals surface area contributed by atoms with E-state index in [1.165, 1.54) is 46.8 Å². The maximum Gasteiger partial charge on any atom is 0.255 e. The fourth-order valence-corrected chi connectivity index (χ4v) is 4.61. The summed E-state index contributed by atoms with van der Waals surface area (Å²) in [5.74, 6) is -0.902. The fourth-order valence-electron chi connectivity index (χ4n) is 3.02. The molecule has 0 aliphatic carbocycles. The molecule has 0 spiro atoms. The van der Waals surface area contributed by atoms with E-state index in [2.05, 4.69) is 5.32 Å². The minimum Gasteiger partial charge on any atom is -0.373 e. The van der Waals surface area contributed by atoms with E-state index in [-0.39, 0.29) is 35.8 Å². The smallest absolute Gasteiger partial charge is 0.255 e. The topological polar surface area (TPSA) is 75.7 Å². The first-order valence-electron chi connectivity index (χ1n) is 8.58. The van der Waals surface area contributed by atoms with Gasteiger partial charge in [-0.2, -0.15) is 4.31 Å². The summed E-state index contributed by atoms with van der Waals surface area (Å²) in [7, 11) is -3.66. The number of sulfonamides is 1. The first-order chi connectivity index (χ1) is 12.8. The van der Waals surface area contributed by atoms with Gasteiger partial charge in [-0.15, -0.1) is 0 Å². The highest BCUT2D eigenvalue weighted by molar-refractivity contribution is 7.89. The molecule has 0 aromatic heterocycles.